The monoisotopic (exact) mass is 376 g/mol. The predicted octanol–water partition coefficient (Wildman–Crippen LogP) is 0.476. The van der Waals surface area contributed by atoms with Gasteiger partial charge in [0.05, 0.1) is 0 Å². The van der Waals surface area contributed by atoms with Gasteiger partial charge in [0.1, 0.15) is 23.6 Å². The van der Waals surface area contributed by atoms with Crippen molar-refractivity contribution < 1.29 is 30.0 Å². The van der Waals surface area contributed by atoms with Gasteiger partial charge in [-0.05, 0) is 18.6 Å². The van der Waals surface area contributed by atoms with Crippen molar-refractivity contribution >= 4 is 33.5 Å². The van der Waals surface area contributed by atoms with E-state index in [2.05, 4.69) is 5.32 Å². The molecule has 0 amide bonds. The number of nitrogens with one attached hydrogen (secondary N) is 1. The van der Waals surface area contributed by atoms with Gasteiger partial charge < -0.3 is 31.5 Å². The van der Waals surface area contributed by atoms with E-state index in [-0.39, 0.29) is 36.0 Å². The molecule has 24 heavy (non-hydrogen) atoms. The van der Waals surface area contributed by atoms with Gasteiger partial charge in [-0.2, -0.15) is 0 Å². The Morgan fingerprint density at radius 2 is 1.67 bits per heavy atom. The molecule has 0 spiro atoms. The highest BCUT2D eigenvalue weighted by atomic mass is 33.1. The zero-order valence-electron chi connectivity index (χ0n) is 12.7. The molecule has 7 N–H and O–H groups in total. The molecule has 8 nitrogen and oxygen atoms in total. The fourth-order valence-corrected chi connectivity index (χ4v) is 4.02. The van der Waals surface area contributed by atoms with E-state index in [1.54, 1.807) is 0 Å². The van der Waals surface area contributed by atoms with E-state index in [1.165, 1.54) is 39.8 Å². The van der Waals surface area contributed by atoms with Crippen LogP contribution in [0.3, 0.4) is 0 Å². The van der Waals surface area contributed by atoms with E-state index in [0.29, 0.717) is 5.56 Å². The van der Waals surface area contributed by atoms with Crippen LogP contribution in [0, 0.1) is 0 Å². The van der Waals surface area contributed by atoms with E-state index in [1.807, 2.05) is 0 Å². The summed E-state index contributed by atoms with van der Waals surface area (Å²) in [6.45, 7) is 0.252. The van der Waals surface area contributed by atoms with Crippen molar-refractivity contribution in [2.24, 2.45) is 5.73 Å². The second-order valence-electron chi connectivity index (χ2n) is 4.88. The molecule has 0 aliphatic heterocycles. The Balaban J connectivity index is 2.38. The molecule has 0 unspecified atom stereocenters. The maximum atomic E-state index is 11.2. The summed E-state index contributed by atoms with van der Waals surface area (Å²) in [5, 5.41) is 40.0. The maximum Gasteiger partial charge on any atom is 0.321 e. The van der Waals surface area contributed by atoms with E-state index >= 15 is 0 Å². The molecule has 1 aromatic carbocycles. The van der Waals surface area contributed by atoms with Gasteiger partial charge in [0, 0.05) is 23.6 Å². The summed E-state index contributed by atoms with van der Waals surface area (Å²) >= 11 is 0. The molecule has 2 atom stereocenters. The zero-order chi connectivity index (χ0) is 18.1. The molecular weight excluding hydrogens is 356 g/mol. The van der Waals surface area contributed by atoms with Crippen LogP contribution in [0.15, 0.2) is 18.2 Å². The number of hydrogen-bond acceptors (Lipinski definition) is 8. The number of carboxylic acid groups (broad SMARTS) is 2. The van der Waals surface area contributed by atoms with Crippen molar-refractivity contribution in [3.05, 3.63) is 23.8 Å². The fraction of sp³-hybridized carbons (Fsp3) is 0.429. The molecule has 0 aliphatic rings. The normalized spacial score (nSPS) is 13.4. The first kappa shape index (κ1) is 20.4. The number of hydrogen-bond donors (Lipinski definition) is 6. The molecule has 134 valence electrons. The summed E-state index contributed by atoms with van der Waals surface area (Å²) < 4.78 is 0. The number of carboxylic acids is 2. The third-order valence-corrected chi connectivity index (χ3v) is 5.52. The van der Waals surface area contributed by atoms with Crippen LogP contribution in [0.5, 0.6) is 11.5 Å². The van der Waals surface area contributed by atoms with Crippen LogP contribution in [0.4, 0.5) is 0 Å². The summed E-state index contributed by atoms with van der Waals surface area (Å²) in [7, 11) is 2.42. The van der Waals surface area contributed by atoms with Gasteiger partial charge in [0.15, 0.2) is 0 Å². The van der Waals surface area contributed by atoms with Crippen LogP contribution in [0.25, 0.3) is 0 Å². The number of aliphatic carboxylic acids is 2. The van der Waals surface area contributed by atoms with Crippen LogP contribution in [-0.4, -0.2) is 62.5 Å². The average molecular weight is 376 g/mol. The van der Waals surface area contributed by atoms with Gasteiger partial charge >= 0.3 is 11.9 Å². The van der Waals surface area contributed by atoms with E-state index < -0.39 is 24.0 Å². The highest BCUT2D eigenvalue weighted by Crippen LogP contribution is 2.26. The van der Waals surface area contributed by atoms with Crippen LogP contribution < -0.4 is 11.1 Å². The van der Waals surface area contributed by atoms with Crippen LogP contribution in [0.1, 0.15) is 5.56 Å². The van der Waals surface area contributed by atoms with E-state index in [9.17, 15) is 24.9 Å². The Kier molecular flexibility index (Phi) is 8.76. The summed E-state index contributed by atoms with van der Waals surface area (Å²) in [5.74, 6) is -1.82. The molecule has 0 heterocycles. The number of phenols is 2. The van der Waals surface area contributed by atoms with Crippen molar-refractivity contribution in [2.75, 3.05) is 18.1 Å². The molecule has 0 radical (unpaired) electrons. The van der Waals surface area contributed by atoms with Crippen molar-refractivity contribution in [3.63, 3.8) is 0 Å². The third-order valence-electron chi connectivity index (χ3n) is 3.07. The molecule has 0 saturated heterocycles. The smallest absolute Gasteiger partial charge is 0.321 e. The lowest BCUT2D eigenvalue weighted by Gasteiger charge is -2.15. The van der Waals surface area contributed by atoms with Gasteiger partial charge in [-0.1, -0.05) is 27.7 Å². The first-order valence-corrected chi connectivity index (χ1v) is 9.50. The predicted molar refractivity (Wildman–Crippen MR) is 93.4 cm³/mol. The molecule has 0 bridgehead atoms. The second-order valence-corrected chi connectivity index (χ2v) is 7.44. The minimum atomic E-state index is -1.10. The Morgan fingerprint density at radius 1 is 1.08 bits per heavy atom. The number of aromatic hydroxyl groups is 2. The number of benzene rings is 1. The average Bonchev–Trinajstić information content (AvgIpc) is 2.51. The van der Waals surface area contributed by atoms with Crippen LogP contribution in [-0.2, 0) is 16.0 Å². The van der Waals surface area contributed by atoms with Crippen LogP contribution >= 0.6 is 21.6 Å². The lowest BCUT2D eigenvalue weighted by Crippen LogP contribution is -2.39. The molecule has 0 aromatic heterocycles. The summed E-state index contributed by atoms with van der Waals surface area (Å²) in [6.07, 6.45) is 0.268. The fourth-order valence-electron chi connectivity index (χ4n) is 1.72. The Hall–Kier alpha value is -1.62. The lowest BCUT2D eigenvalue weighted by molar-refractivity contribution is -0.139. The Morgan fingerprint density at radius 3 is 2.21 bits per heavy atom. The standard InChI is InChI=1S/C14H20N2O6S2/c15-9(13(19)20)6-23-24-7-10(14(21)22)16-5-4-8-11(17)2-1-3-12(8)18/h1-3,9-10,16-18H,4-7,15H2,(H,19,20)(H,21,22)/t9-,10-/m0/s1. The first-order chi connectivity index (χ1) is 11.3. The summed E-state index contributed by atoms with van der Waals surface area (Å²) in [5.41, 5.74) is 5.70. The molecule has 0 aliphatic carbocycles. The minimum Gasteiger partial charge on any atom is -0.508 e. The van der Waals surface area contributed by atoms with Crippen molar-refractivity contribution in [1.82, 2.24) is 5.32 Å². The quantitative estimate of drug-likeness (QED) is 0.237. The molecule has 0 fully saturated rings. The number of rotatable bonds is 11. The molecule has 10 heteroatoms. The van der Waals surface area contributed by atoms with Gasteiger partial charge in [-0.25, -0.2) is 0 Å². The van der Waals surface area contributed by atoms with Crippen molar-refractivity contribution in [1.29, 1.82) is 0 Å². The molecule has 0 saturated carbocycles. The van der Waals surface area contributed by atoms with Crippen molar-refractivity contribution in [3.8, 4) is 11.5 Å². The molecule has 1 rings (SSSR count). The highest BCUT2D eigenvalue weighted by Gasteiger charge is 2.18. The topological polar surface area (TPSA) is 153 Å². The minimum absolute atomic E-state index is 0.0451. The van der Waals surface area contributed by atoms with E-state index in [4.69, 9.17) is 10.8 Å². The van der Waals surface area contributed by atoms with Crippen molar-refractivity contribution in [2.45, 2.75) is 18.5 Å². The van der Waals surface area contributed by atoms with Gasteiger partial charge in [0.2, 0.25) is 0 Å². The SMILES string of the molecule is N[C@@H](CSSC[C@H](NCCc1c(O)cccc1O)C(=O)O)C(=O)O. The zero-order valence-corrected chi connectivity index (χ0v) is 14.3. The van der Waals surface area contributed by atoms with Crippen LogP contribution in [0.2, 0.25) is 0 Å². The molecular formula is C14H20N2O6S2. The van der Waals surface area contributed by atoms with Gasteiger partial charge in [-0.3, -0.25) is 9.59 Å². The van der Waals surface area contributed by atoms with E-state index in [0.717, 1.165) is 0 Å². The number of phenolic OH excluding ortho intramolecular Hbond substituents is 2. The Bertz CT molecular complexity index is 552. The maximum absolute atomic E-state index is 11.2. The first-order valence-electron chi connectivity index (χ1n) is 7.01. The lowest BCUT2D eigenvalue weighted by atomic mass is 10.1. The number of carbonyl (C=O) groups is 2. The van der Waals surface area contributed by atoms with Gasteiger partial charge in [-0.15, -0.1) is 0 Å². The Labute approximate surface area is 146 Å². The summed E-state index contributed by atoms with van der Waals surface area (Å²) in [4.78, 5) is 21.8. The number of nitrogens with two attached hydrogens (primary N) is 1. The highest BCUT2D eigenvalue weighted by molar-refractivity contribution is 8.76. The van der Waals surface area contributed by atoms with Gasteiger partial charge in [0.25, 0.3) is 0 Å². The third kappa shape index (κ3) is 6.87. The molecule has 1 aromatic rings. The largest absolute Gasteiger partial charge is 0.508 e. The summed E-state index contributed by atoms with van der Waals surface area (Å²) in [6, 6.07) is 2.58. The second kappa shape index (κ2) is 10.3.